The van der Waals surface area contributed by atoms with E-state index in [0.717, 1.165) is 11.6 Å². The van der Waals surface area contributed by atoms with Gasteiger partial charge in [-0.1, -0.05) is 6.07 Å². The minimum Gasteiger partial charge on any atom is -0.487 e. The van der Waals surface area contributed by atoms with E-state index in [-0.39, 0.29) is 15.8 Å². The van der Waals surface area contributed by atoms with Gasteiger partial charge in [0.1, 0.15) is 12.6 Å². The van der Waals surface area contributed by atoms with Gasteiger partial charge in [0, 0.05) is 18.8 Å². The van der Waals surface area contributed by atoms with E-state index in [1.54, 1.807) is 0 Å². The predicted molar refractivity (Wildman–Crippen MR) is 89.8 cm³/mol. The Morgan fingerprint density at radius 2 is 2.00 bits per heavy atom. The molecule has 0 saturated heterocycles. The Bertz CT molecular complexity index is 991. The van der Waals surface area contributed by atoms with Crippen LogP contribution in [0.5, 0.6) is 11.5 Å². The third-order valence-electron chi connectivity index (χ3n) is 4.11. The molecule has 0 N–H and O–H groups in total. The molecule has 2 unspecified atom stereocenters. The summed E-state index contributed by atoms with van der Waals surface area (Å²) in [6, 6.07) is 1.53. The van der Waals surface area contributed by atoms with E-state index in [1.807, 2.05) is 0 Å². The zero-order chi connectivity index (χ0) is 21.5. The number of nitrogens with zero attached hydrogens (tertiary/aromatic N) is 2. The van der Waals surface area contributed by atoms with Crippen molar-refractivity contribution in [3.05, 3.63) is 51.3 Å². The lowest BCUT2D eigenvalue weighted by molar-refractivity contribution is -0.138. The maximum Gasteiger partial charge on any atom is 0.417 e. The average molecular weight is 489 g/mol. The summed E-state index contributed by atoms with van der Waals surface area (Å²) < 4.78 is 103. The highest BCUT2D eigenvalue weighted by Crippen LogP contribution is 2.40. The number of aryl methyl sites for hydroxylation is 1. The minimum absolute atomic E-state index is 0.0210. The van der Waals surface area contributed by atoms with Crippen molar-refractivity contribution in [1.29, 1.82) is 0 Å². The fourth-order valence-corrected chi connectivity index (χ4v) is 3.15. The summed E-state index contributed by atoms with van der Waals surface area (Å²) in [5, 5.41) is 0. The number of hydrogen-bond acceptors (Lipinski definition) is 3. The van der Waals surface area contributed by atoms with E-state index in [0.29, 0.717) is 12.3 Å². The molecular weight excluding hydrogens is 477 g/mol. The molecule has 1 aliphatic rings. The van der Waals surface area contributed by atoms with Crippen molar-refractivity contribution in [3.63, 3.8) is 0 Å². The average Bonchev–Trinajstić information content (AvgIpc) is 2.61. The molecule has 2 heterocycles. The maximum absolute atomic E-state index is 14.5. The monoisotopic (exact) mass is 488 g/mol. The van der Waals surface area contributed by atoms with Crippen molar-refractivity contribution >= 4 is 15.9 Å². The second kappa shape index (κ2) is 7.88. The van der Waals surface area contributed by atoms with E-state index >= 15 is 0 Å². The Hall–Kier alpha value is -2.24. The van der Waals surface area contributed by atoms with Crippen LogP contribution in [0, 0.1) is 5.82 Å². The van der Waals surface area contributed by atoms with E-state index in [2.05, 4.69) is 25.7 Å². The number of aromatic nitrogens is 1. The number of ether oxygens (including phenoxy) is 2. The van der Waals surface area contributed by atoms with Crippen LogP contribution in [0.25, 0.3) is 0 Å². The largest absolute Gasteiger partial charge is 0.487 e. The van der Waals surface area contributed by atoms with Gasteiger partial charge in [0.2, 0.25) is 0 Å². The molecule has 2 aromatic rings. The van der Waals surface area contributed by atoms with Crippen LogP contribution in [-0.4, -0.2) is 24.0 Å². The summed E-state index contributed by atoms with van der Waals surface area (Å²) in [5.41, 5.74) is -1.75. The molecule has 158 valence electrons. The number of alkyl halides is 6. The molecule has 1 aliphatic heterocycles. The summed E-state index contributed by atoms with van der Waals surface area (Å²) in [4.78, 5) is 3.99. The first-order valence-electron chi connectivity index (χ1n) is 8.00. The summed E-state index contributed by atoms with van der Waals surface area (Å²) in [5.74, 6) is -1.99. The zero-order valence-corrected chi connectivity index (χ0v) is 16.1. The molecular formula is C17H12BrF7N2O2. The molecule has 1 aromatic heterocycles. The molecule has 0 amide bonds. The van der Waals surface area contributed by atoms with Gasteiger partial charge in [-0.3, -0.25) is 4.99 Å². The van der Waals surface area contributed by atoms with Crippen LogP contribution >= 0.6 is 15.9 Å². The first-order valence-corrected chi connectivity index (χ1v) is 8.79. The Labute approximate surface area is 167 Å². The smallest absolute Gasteiger partial charge is 0.417 e. The quantitative estimate of drug-likeness (QED) is 0.575. The highest BCUT2D eigenvalue weighted by Gasteiger charge is 2.35. The molecule has 0 bridgehead atoms. The fourth-order valence-electron chi connectivity index (χ4n) is 2.84. The molecule has 1 aromatic carbocycles. The van der Waals surface area contributed by atoms with Crippen LogP contribution in [0.2, 0.25) is 0 Å². The summed E-state index contributed by atoms with van der Waals surface area (Å²) >= 11 is 2.96. The van der Waals surface area contributed by atoms with Gasteiger partial charge >= 0.3 is 12.8 Å². The molecule has 12 heteroatoms. The second-order valence-corrected chi connectivity index (χ2v) is 6.94. The molecule has 0 fully saturated rings. The van der Waals surface area contributed by atoms with Crippen LogP contribution in [0.15, 0.2) is 33.9 Å². The molecule has 3 rings (SSSR count). The van der Waals surface area contributed by atoms with E-state index in [1.165, 1.54) is 12.1 Å². The Morgan fingerprint density at radius 1 is 1.31 bits per heavy atom. The Kier molecular flexibility index (Phi) is 5.84. The standard InChI is InChI=1S/C17H12BrF7N2O2/c1-27-5-7(17(23,24)25)4-11(29-16(21)22)15(27)26-13-8-2-3-9(18)12(20)14(8)28-6-10(13)19/h2-5,10,13,16H,6H2,1H3. The van der Waals surface area contributed by atoms with Crippen LogP contribution in [0.4, 0.5) is 30.7 Å². The molecule has 2 atom stereocenters. The number of hydrogen-bond donors (Lipinski definition) is 0. The van der Waals surface area contributed by atoms with Crippen LogP contribution in [0.1, 0.15) is 17.2 Å². The lowest BCUT2D eigenvalue weighted by atomic mass is 9.99. The summed E-state index contributed by atoms with van der Waals surface area (Å²) in [7, 11) is 1.11. The fraction of sp³-hybridized carbons (Fsp3) is 0.353. The summed E-state index contributed by atoms with van der Waals surface area (Å²) in [6.07, 6.45) is -6.03. The third-order valence-corrected chi connectivity index (χ3v) is 4.72. The Morgan fingerprint density at radius 3 is 2.62 bits per heavy atom. The number of halogens is 8. The number of benzene rings is 1. The van der Waals surface area contributed by atoms with Gasteiger partial charge in [0.05, 0.1) is 10.0 Å². The van der Waals surface area contributed by atoms with Crippen LogP contribution in [0.3, 0.4) is 0 Å². The van der Waals surface area contributed by atoms with E-state index in [9.17, 15) is 30.7 Å². The van der Waals surface area contributed by atoms with Crippen molar-refractivity contribution in [2.24, 2.45) is 12.0 Å². The highest BCUT2D eigenvalue weighted by molar-refractivity contribution is 9.10. The first-order chi connectivity index (χ1) is 13.5. The SMILES string of the molecule is Cn1cc(C(F)(F)F)cc(OC(F)F)c1=NC1c2ccc(Br)c(F)c2OCC1F. The van der Waals surface area contributed by atoms with Gasteiger partial charge in [0.25, 0.3) is 0 Å². The van der Waals surface area contributed by atoms with Crippen molar-refractivity contribution in [2.75, 3.05) is 6.61 Å². The highest BCUT2D eigenvalue weighted by atomic mass is 79.9. The van der Waals surface area contributed by atoms with Gasteiger partial charge in [0.15, 0.2) is 29.0 Å². The summed E-state index contributed by atoms with van der Waals surface area (Å²) in [6.45, 7) is -4.02. The van der Waals surface area contributed by atoms with Crippen molar-refractivity contribution in [2.45, 2.75) is 25.0 Å². The number of pyridine rings is 1. The second-order valence-electron chi connectivity index (χ2n) is 6.08. The molecule has 0 radical (unpaired) electrons. The maximum atomic E-state index is 14.5. The number of fused-ring (bicyclic) bond motifs is 1. The first kappa shape index (κ1) is 21.5. The zero-order valence-electron chi connectivity index (χ0n) is 14.5. The third kappa shape index (κ3) is 4.36. The lowest BCUT2D eigenvalue weighted by Crippen LogP contribution is -2.31. The van der Waals surface area contributed by atoms with Gasteiger partial charge < -0.3 is 14.0 Å². The van der Waals surface area contributed by atoms with Crippen LogP contribution in [-0.2, 0) is 13.2 Å². The van der Waals surface area contributed by atoms with Gasteiger partial charge in [-0.15, -0.1) is 0 Å². The minimum atomic E-state index is -4.83. The van der Waals surface area contributed by atoms with Gasteiger partial charge in [-0.05, 0) is 28.1 Å². The molecule has 0 saturated carbocycles. The van der Waals surface area contributed by atoms with Crippen molar-refractivity contribution in [1.82, 2.24) is 4.57 Å². The topological polar surface area (TPSA) is 35.8 Å². The van der Waals surface area contributed by atoms with Crippen molar-refractivity contribution < 1.29 is 40.2 Å². The van der Waals surface area contributed by atoms with Gasteiger partial charge in [-0.2, -0.15) is 22.0 Å². The van der Waals surface area contributed by atoms with Gasteiger partial charge in [-0.25, -0.2) is 8.78 Å². The normalized spacial score (nSPS) is 19.9. The van der Waals surface area contributed by atoms with Crippen molar-refractivity contribution in [3.8, 4) is 11.5 Å². The molecule has 0 spiro atoms. The lowest BCUT2D eigenvalue weighted by Gasteiger charge is -2.27. The molecule has 0 aliphatic carbocycles. The Balaban J connectivity index is 2.21. The van der Waals surface area contributed by atoms with Crippen LogP contribution < -0.4 is 15.0 Å². The van der Waals surface area contributed by atoms with E-state index < -0.39 is 54.2 Å². The number of rotatable bonds is 3. The molecule has 29 heavy (non-hydrogen) atoms. The predicted octanol–water partition coefficient (Wildman–Crippen LogP) is 4.92. The van der Waals surface area contributed by atoms with E-state index in [4.69, 9.17) is 4.74 Å². The molecule has 4 nitrogen and oxygen atoms in total.